The van der Waals surface area contributed by atoms with Crippen molar-refractivity contribution < 1.29 is 4.79 Å². The number of likely N-dealkylation sites (N-methyl/N-ethyl adjacent to an activating group) is 1. The molecule has 1 aromatic carbocycles. The SMILES string of the molecule is CCN(CC)CC(=O)NC1CCCc2c1[nH]c1ccccc21. The number of aryl methyl sites for hydroxylation is 1. The van der Waals surface area contributed by atoms with Gasteiger partial charge in [-0.3, -0.25) is 9.69 Å². The summed E-state index contributed by atoms with van der Waals surface area (Å²) in [6, 6.07) is 8.55. The maximum Gasteiger partial charge on any atom is 0.234 e. The van der Waals surface area contributed by atoms with Crippen molar-refractivity contribution in [3.8, 4) is 0 Å². The Bertz CT molecular complexity index is 657. The minimum atomic E-state index is 0.124. The predicted molar refractivity (Wildman–Crippen MR) is 89.9 cm³/mol. The van der Waals surface area contributed by atoms with Crippen LogP contribution in [0.4, 0.5) is 0 Å². The first kappa shape index (κ1) is 15.1. The van der Waals surface area contributed by atoms with Crippen molar-refractivity contribution in [2.75, 3.05) is 19.6 Å². The van der Waals surface area contributed by atoms with E-state index in [9.17, 15) is 4.79 Å². The topological polar surface area (TPSA) is 48.1 Å². The summed E-state index contributed by atoms with van der Waals surface area (Å²) in [5.74, 6) is 0.125. The van der Waals surface area contributed by atoms with Gasteiger partial charge in [0.1, 0.15) is 0 Å². The molecule has 3 rings (SSSR count). The fraction of sp³-hybridized carbons (Fsp3) is 0.500. The van der Waals surface area contributed by atoms with E-state index in [1.807, 2.05) is 0 Å². The maximum absolute atomic E-state index is 12.3. The standard InChI is InChI=1S/C18H25N3O/c1-3-21(4-2)12-17(22)19-16-11-7-9-14-13-8-5-6-10-15(13)20-18(14)16/h5-6,8,10,16,20H,3-4,7,9,11-12H2,1-2H3,(H,19,22). The zero-order valence-electron chi connectivity index (χ0n) is 13.5. The van der Waals surface area contributed by atoms with Crippen LogP contribution in [0, 0.1) is 0 Å². The highest BCUT2D eigenvalue weighted by Crippen LogP contribution is 2.34. The zero-order valence-corrected chi connectivity index (χ0v) is 13.5. The van der Waals surface area contributed by atoms with Crippen LogP contribution in [0.25, 0.3) is 10.9 Å². The van der Waals surface area contributed by atoms with Crippen molar-refractivity contribution in [3.63, 3.8) is 0 Å². The second kappa shape index (κ2) is 6.53. The Balaban J connectivity index is 1.78. The van der Waals surface area contributed by atoms with E-state index in [1.165, 1.54) is 22.2 Å². The smallest absolute Gasteiger partial charge is 0.234 e. The van der Waals surface area contributed by atoms with E-state index in [1.54, 1.807) is 0 Å². The van der Waals surface area contributed by atoms with Crippen molar-refractivity contribution in [3.05, 3.63) is 35.5 Å². The van der Waals surface area contributed by atoms with Gasteiger partial charge in [0.05, 0.1) is 12.6 Å². The van der Waals surface area contributed by atoms with Crippen LogP contribution < -0.4 is 5.32 Å². The van der Waals surface area contributed by atoms with Crippen molar-refractivity contribution >= 4 is 16.8 Å². The summed E-state index contributed by atoms with van der Waals surface area (Å²) in [5, 5.41) is 4.53. The van der Waals surface area contributed by atoms with Gasteiger partial charge in [-0.2, -0.15) is 0 Å². The first-order valence-corrected chi connectivity index (χ1v) is 8.34. The maximum atomic E-state index is 12.3. The Hall–Kier alpha value is -1.81. The Morgan fingerprint density at radius 2 is 2.09 bits per heavy atom. The molecule has 4 heteroatoms. The Morgan fingerprint density at radius 1 is 1.32 bits per heavy atom. The molecule has 1 amide bonds. The molecule has 1 aromatic heterocycles. The van der Waals surface area contributed by atoms with E-state index in [4.69, 9.17) is 0 Å². The molecule has 2 N–H and O–H groups in total. The summed E-state index contributed by atoms with van der Waals surface area (Å²) >= 11 is 0. The van der Waals surface area contributed by atoms with Crippen LogP contribution in [0.3, 0.4) is 0 Å². The van der Waals surface area contributed by atoms with E-state index >= 15 is 0 Å². The number of nitrogens with zero attached hydrogens (tertiary/aromatic N) is 1. The number of benzene rings is 1. The van der Waals surface area contributed by atoms with Crippen LogP contribution in [0.5, 0.6) is 0 Å². The molecule has 2 aromatic rings. The van der Waals surface area contributed by atoms with Gasteiger partial charge >= 0.3 is 0 Å². The third kappa shape index (κ3) is 2.88. The zero-order chi connectivity index (χ0) is 15.5. The fourth-order valence-electron chi connectivity index (χ4n) is 3.45. The quantitative estimate of drug-likeness (QED) is 0.891. The third-order valence-electron chi connectivity index (χ3n) is 4.71. The lowest BCUT2D eigenvalue weighted by Crippen LogP contribution is -2.39. The monoisotopic (exact) mass is 299 g/mol. The minimum absolute atomic E-state index is 0.124. The van der Waals surface area contributed by atoms with Crippen molar-refractivity contribution in [1.29, 1.82) is 0 Å². The Kier molecular flexibility index (Phi) is 4.48. The molecular formula is C18H25N3O. The van der Waals surface area contributed by atoms with Gasteiger partial charge in [0, 0.05) is 16.6 Å². The van der Waals surface area contributed by atoms with Crippen LogP contribution in [-0.4, -0.2) is 35.4 Å². The molecule has 1 aliphatic carbocycles. The summed E-state index contributed by atoms with van der Waals surface area (Å²) in [6.45, 7) is 6.48. The summed E-state index contributed by atoms with van der Waals surface area (Å²) in [5.41, 5.74) is 3.77. The van der Waals surface area contributed by atoms with Gasteiger partial charge in [0.25, 0.3) is 0 Å². The van der Waals surface area contributed by atoms with Gasteiger partial charge in [0.2, 0.25) is 5.91 Å². The molecule has 0 radical (unpaired) electrons. The Labute approximate surface area is 131 Å². The third-order valence-corrected chi connectivity index (χ3v) is 4.71. The molecule has 1 aliphatic rings. The lowest BCUT2D eigenvalue weighted by atomic mass is 9.91. The number of hydrogen-bond donors (Lipinski definition) is 2. The first-order chi connectivity index (χ1) is 10.7. The molecule has 0 bridgehead atoms. The Morgan fingerprint density at radius 3 is 2.86 bits per heavy atom. The number of para-hydroxylation sites is 1. The summed E-state index contributed by atoms with van der Waals surface area (Å²) in [4.78, 5) is 18.0. The van der Waals surface area contributed by atoms with Gasteiger partial charge in [-0.1, -0.05) is 32.0 Å². The molecule has 4 nitrogen and oxygen atoms in total. The van der Waals surface area contributed by atoms with Crippen molar-refractivity contribution in [2.24, 2.45) is 0 Å². The van der Waals surface area contributed by atoms with E-state index in [-0.39, 0.29) is 11.9 Å². The number of hydrogen-bond acceptors (Lipinski definition) is 2. The average molecular weight is 299 g/mol. The molecule has 1 unspecified atom stereocenters. The highest BCUT2D eigenvalue weighted by Gasteiger charge is 2.25. The lowest BCUT2D eigenvalue weighted by molar-refractivity contribution is -0.123. The number of fused-ring (bicyclic) bond motifs is 3. The fourth-order valence-corrected chi connectivity index (χ4v) is 3.45. The van der Waals surface area contributed by atoms with Crippen LogP contribution in [-0.2, 0) is 11.2 Å². The summed E-state index contributed by atoms with van der Waals surface area (Å²) < 4.78 is 0. The number of rotatable bonds is 5. The molecule has 118 valence electrons. The van der Waals surface area contributed by atoms with Gasteiger partial charge in [-0.25, -0.2) is 0 Å². The van der Waals surface area contributed by atoms with Gasteiger partial charge in [-0.15, -0.1) is 0 Å². The van der Waals surface area contributed by atoms with Crippen molar-refractivity contribution in [1.82, 2.24) is 15.2 Å². The minimum Gasteiger partial charge on any atom is -0.356 e. The highest BCUT2D eigenvalue weighted by molar-refractivity contribution is 5.85. The molecule has 1 heterocycles. The largest absolute Gasteiger partial charge is 0.356 e. The number of nitrogens with one attached hydrogen (secondary N) is 2. The van der Waals surface area contributed by atoms with Crippen LogP contribution in [0.1, 0.15) is 44.0 Å². The molecule has 22 heavy (non-hydrogen) atoms. The predicted octanol–water partition coefficient (Wildman–Crippen LogP) is 3.00. The van der Waals surface area contributed by atoms with Gasteiger partial charge in [-0.05, 0) is 44.0 Å². The molecule has 0 aliphatic heterocycles. The molecule has 0 saturated heterocycles. The molecular weight excluding hydrogens is 274 g/mol. The van der Waals surface area contributed by atoms with E-state index < -0.39 is 0 Å². The number of aromatic nitrogens is 1. The molecule has 0 saturated carbocycles. The first-order valence-electron chi connectivity index (χ1n) is 8.34. The summed E-state index contributed by atoms with van der Waals surface area (Å²) in [6.07, 6.45) is 3.25. The van der Waals surface area contributed by atoms with E-state index in [2.05, 4.69) is 53.3 Å². The number of amides is 1. The second-order valence-electron chi connectivity index (χ2n) is 6.04. The van der Waals surface area contributed by atoms with Crippen LogP contribution >= 0.6 is 0 Å². The number of H-pyrrole nitrogens is 1. The van der Waals surface area contributed by atoms with Gasteiger partial charge in [0.15, 0.2) is 0 Å². The lowest BCUT2D eigenvalue weighted by Gasteiger charge is -2.25. The number of carbonyl (C=O) groups is 1. The molecule has 1 atom stereocenters. The number of carbonyl (C=O) groups excluding carboxylic acids is 1. The second-order valence-corrected chi connectivity index (χ2v) is 6.04. The van der Waals surface area contributed by atoms with Gasteiger partial charge < -0.3 is 10.3 Å². The van der Waals surface area contributed by atoms with E-state index in [0.717, 1.165) is 32.4 Å². The van der Waals surface area contributed by atoms with E-state index in [0.29, 0.717) is 6.54 Å². The molecule has 0 fully saturated rings. The molecule has 0 spiro atoms. The number of aromatic amines is 1. The van der Waals surface area contributed by atoms with Crippen LogP contribution in [0.2, 0.25) is 0 Å². The van der Waals surface area contributed by atoms with Crippen molar-refractivity contribution in [2.45, 2.75) is 39.2 Å². The highest BCUT2D eigenvalue weighted by atomic mass is 16.2. The van der Waals surface area contributed by atoms with Crippen LogP contribution in [0.15, 0.2) is 24.3 Å². The average Bonchev–Trinajstić information content (AvgIpc) is 2.92. The normalized spacial score (nSPS) is 17.7. The summed E-state index contributed by atoms with van der Waals surface area (Å²) in [7, 11) is 0.